The van der Waals surface area contributed by atoms with Gasteiger partial charge in [0.25, 0.3) is 0 Å². The zero-order valence-corrected chi connectivity index (χ0v) is 9.43. The van der Waals surface area contributed by atoms with Crippen LogP contribution in [0.25, 0.3) is 0 Å². The van der Waals surface area contributed by atoms with Crippen LogP contribution in [-0.4, -0.2) is 17.2 Å². The summed E-state index contributed by atoms with van der Waals surface area (Å²) in [4.78, 5) is 0. The highest BCUT2D eigenvalue weighted by Crippen LogP contribution is 2.21. The van der Waals surface area contributed by atoms with Gasteiger partial charge in [0, 0.05) is 9.03 Å². The Morgan fingerprint density at radius 2 is 1.83 bits per heavy atom. The van der Waals surface area contributed by atoms with Gasteiger partial charge in [0.05, 0.1) is 10.0 Å². The highest BCUT2D eigenvalue weighted by Gasteiger charge is 2.20. The summed E-state index contributed by atoms with van der Waals surface area (Å²) in [6.45, 7) is 0. The molecule has 0 radical (unpaired) electrons. The predicted octanol–water partition coefficient (Wildman–Crippen LogP) is 1.28. The third-order valence-corrected chi connectivity index (χ3v) is 3.10. The number of hydrogen-bond acceptors (Lipinski definition) is 2. The van der Waals surface area contributed by atoms with Gasteiger partial charge in [0.15, 0.2) is 0 Å². The first-order chi connectivity index (χ1) is 5.54. The van der Waals surface area contributed by atoms with Gasteiger partial charge in [-0.2, -0.15) is 0 Å². The molecule has 0 aliphatic carbocycles. The predicted molar refractivity (Wildman–Crippen MR) is 59.0 cm³/mol. The summed E-state index contributed by atoms with van der Waals surface area (Å²) >= 11 is 13.4. The molecular formula is C6H4BCl2IO2. The fourth-order valence-electron chi connectivity index (χ4n) is 0.779. The van der Waals surface area contributed by atoms with E-state index in [2.05, 4.69) is 0 Å². The van der Waals surface area contributed by atoms with Crippen LogP contribution in [0.3, 0.4) is 0 Å². The van der Waals surface area contributed by atoms with Crippen molar-refractivity contribution in [2.45, 2.75) is 0 Å². The Labute approximate surface area is 93.8 Å². The van der Waals surface area contributed by atoms with Gasteiger partial charge >= 0.3 is 7.12 Å². The molecule has 0 amide bonds. The molecule has 0 spiro atoms. The molecule has 0 fully saturated rings. The Hall–Kier alpha value is 0.515. The van der Waals surface area contributed by atoms with Crippen molar-refractivity contribution in [3.8, 4) is 0 Å². The fourth-order valence-corrected chi connectivity index (χ4v) is 2.09. The van der Waals surface area contributed by atoms with E-state index in [0.717, 1.165) is 0 Å². The Morgan fingerprint density at radius 3 is 2.25 bits per heavy atom. The smallest absolute Gasteiger partial charge is 0.423 e. The van der Waals surface area contributed by atoms with Crippen molar-refractivity contribution >= 4 is 58.4 Å². The van der Waals surface area contributed by atoms with Gasteiger partial charge in [-0.05, 0) is 34.7 Å². The molecule has 0 unspecified atom stereocenters. The zero-order chi connectivity index (χ0) is 9.30. The van der Waals surface area contributed by atoms with E-state index in [4.69, 9.17) is 33.2 Å². The van der Waals surface area contributed by atoms with Gasteiger partial charge in [-0.25, -0.2) is 0 Å². The Bertz CT molecular complexity index is 306. The van der Waals surface area contributed by atoms with Crippen LogP contribution < -0.4 is 5.46 Å². The quantitative estimate of drug-likeness (QED) is 0.465. The molecule has 1 aromatic carbocycles. The number of halogens is 3. The van der Waals surface area contributed by atoms with Gasteiger partial charge in [-0.3, -0.25) is 0 Å². The normalized spacial score (nSPS) is 10.1. The van der Waals surface area contributed by atoms with E-state index in [1.165, 1.54) is 0 Å². The minimum atomic E-state index is -1.58. The van der Waals surface area contributed by atoms with E-state index in [1.54, 1.807) is 12.1 Å². The van der Waals surface area contributed by atoms with Crippen molar-refractivity contribution in [2.75, 3.05) is 0 Å². The van der Waals surface area contributed by atoms with Crippen molar-refractivity contribution in [1.82, 2.24) is 0 Å². The van der Waals surface area contributed by atoms with E-state index in [9.17, 15) is 0 Å². The van der Waals surface area contributed by atoms with Crippen molar-refractivity contribution < 1.29 is 10.0 Å². The molecule has 0 atom stereocenters. The fraction of sp³-hybridized carbons (Fsp3) is 0. The SMILES string of the molecule is OB(O)c1c(I)ccc(Cl)c1Cl. The van der Waals surface area contributed by atoms with Crippen molar-refractivity contribution in [3.63, 3.8) is 0 Å². The summed E-state index contributed by atoms with van der Waals surface area (Å²) < 4.78 is 0.678. The van der Waals surface area contributed by atoms with Crippen LogP contribution in [-0.2, 0) is 0 Å². The average Bonchev–Trinajstić information content (AvgIpc) is 1.97. The Balaban J connectivity index is 3.33. The molecule has 0 heterocycles. The van der Waals surface area contributed by atoms with E-state index in [0.29, 0.717) is 8.59 Å². The first-order valence-corrected chi connectivity index (χ1v) is 4.87. The van der Waals surface area contributed by atoms with E-state index < -0.39 is 7.12 Å². The van der Waals surface area contributed by atoms with E-state index in [-0.39, 0.29) is 10.5 Å². The lowest BCUT2D eigenvalue weighted by Gasteiger charge is -2.06. The van der Waals surface area contributed by atoms with Crippen LogP contribution >= 0.6 is 45.8 Å². The van der Waals surface area contributed by atoms with Crippen molar-refractivity contribution in [3.05, 3.63) is 25.7 Å². The third-order valence-electron chi connectivity index (χ3n) is 1.34. The number of benzene rings is 1. The summed E-state index contributed by atoms with van der Waals surface area (Å²) in [6.07, 6.45) is 0. The number of hydrogen-bond donors (Lipinski definition) is 2. The lowest BCUT2D eigenvalue weighted by molar-refractivity contribution is 0.425. The highest BCUT2D eigenvalue weighted by molar-refractivity contribution is 14.1. The lowest BCUT2D eigenvalue weighted by atomic mass is 9.80. The van der Waals surface area contributed by atoms with Gasteiger partial charge in [0.2, 0.25) is 0 Å². The first-order valence-electron chi connectivity index (χ1n) is 3.03. The maximum atomic E-state index is 8.92. The summed E-state index contributed by atoms with van der Waals surface area (Å²) in [6, 6.07) is 3.28. The second kappa shape index (κ2) is 4.15. The van der Waals surface area contributed by atoms with Gasteiger partial charge in [-0.15, -0.1) is 0 Å². The zero-order valence-electron chi connectivity index (χ0n) is 5.76. The molecule has 0 aromatic heterocycles. The largest absolute Gasteiger partial charge is 0.491 e. The molecule has 1 rings (SSSR count). The minimum absolute atomic E-state index is 0.193. The molecule has 2 nitrogen and oxygen atoms in total. The summed E-state index contributed by atoms with van der Waals surface area (Å²) in [5.41, 5.74) is 0.254. The average molecular weight is 317 g/mol. The molecule has 0 bridgehead atoms. The summed E-state index contributed by atoms with van der Waals surface area (Å²) in [5, 5.41) is 18.3. The maximum absolute atomic E-state index is 8.92. The number of rotatable bonds is 1. The maximum Gasteiger partial charge on any atom is 0.491 e. The second-order valence-electron chi connectivity index (χ2n) is 2.13. The van der Waals surface area contributed by atoms with Crippen LogP contribution in [0.4, 0.5) is 0 Å². The standard InChI is InChI=1S/C6H4BCl2IO2/c8-3-1-2-4(10)5(6(3)9)7(11)12/h1-2,11-12H. The first kappa shape index (κ1) is 10.6. The highest BCUT2D eigenvalue weighted by atomic mass is 127. The summed E-state index contributed by atoms with van der Waals surface area (Å²) in [7, 11) is -1.58. The van der Waals surface area contributed by atoms with Crippen LogP contribution in [0.2, 0.25) is 10.0 Å². The van der Waals surface area contributed by atoms with E-state index in [1.807, 2.05) is 22.6 Å². The summed E-state index contributed by atoms with van der Waals surface area (Å²) in [5.74, 6) is 0. The van der Waals surface area contributed by atoms with Crippen LogP contribution in [0.15, 0.2) is 12.1 Å². The second-order valence-corrected chi connectivity index (χ2v) is 4.08. The van der Waals surface area contributed by atoms with Crippen molar-refractivity contribution in [1.29, 1.82) is 0 Å². The van der Waals surface area contributed by atoms with Gasteiger partial charge < -0.3 is 10.0 Å². The van der Waals surface area contributed by atoms with Crippen LogP contribution in [0.1, 0.15) is 0 Å². The third kappa shape index (κ3) is 2.06. The molecule has 0 saturated heterocycles. The van der Waals surface area contributed by atoms with Crippen LogP contribution in [0.5, 0.6) is 0 Å². The lowest BCUT2D eigenvalue weighted by Crippen LogP contribution is -2.33. The molecule has 6 heteroatoms. The molecule has 64 valence electrons. The Kier molecular flexibility index (Phi) is 3.66. The molecule has 2 N–H and O–H groups in total. The van der Waals surface area contributed by atoms with Crippen LogP contribution in [0, 0.1) is 3.57 Å². The molecule has 0 aliphatic rings. The molecule has 12 heavy (non-hydrogen) atoms. The molecule has 0 saturated carbocycles. The topological polar surface area (TPSA) is 40.5 Å². The molecule has 1 aromatic rings. The van der Waals surface area contributed by atoms with Crippen molar-refractivity contribution in [2.24, 2.45) is 0 Å². The van der Waals surface area contributed by atoms with Gasteiger partial charge in [0.1, 0.15) is 0 Å². The van der Waals surface area contributed by atoms with E-state index >= 15 is 0 Å². The molecule has 0 aliphatic heterocycles. The Morgan fingerprint density at radius 1 is 1.25 bits per heavy atom. The molecular weight excluding hydrogens is 313 g/mol. The minimum Gasteiger partial charge on any atom is -0.423 e. The van der Waals surface area contributed by atoms with Gasteiger partial charge in [-0.1, -0.05) is 23.2 Å². The monoisotopic (exact) mass is 316 g/mol.